The minimum atomic E-state index is -3.38. The zero-order chi connectivity index (χ0) is 16.3. The molecule has 1 aliphatic rings. The first-order valence-corrected chi connectivity index (χ1v) is 9.45. The molecule has 0 amide bonds. The van der Waals surface area contributed by atoms with E-state index in [2.05, 4.69) is 15.1 Å². The van der Waals surface area contributed by atoms with Gasteiger partial charge in [-0.25, -0.2) is 12.7 Å². The zero-order valence-electron chi connectivity index (χ0n) is 13.1. The van der Waals surface area contributed by atoms with E-state index in [4.69, 9.17) is 4.52 Å². The van der Waals surface area contributed by atoms with Crippen LogP contribution < -0.4 is 0 Å². The molecule has 0 unspecified atom stereocenters. The van der Waals surface area contributed by atoms with Crippen LogP contribution in [0.3, 0.4) is 0 Å². The van der Waals surface area contributed by atoms with E-state index in [0.29, 0.717) is 19.0 Å². The van der Waals surface area contributed by atoms with Gasteiger partial charge in [-0.2, -0.15) is 4.98 Å². The minimum absolute atomic E-state index is 0.199. The number of aryl methyl sites for hydroxylation is 1. The third-order valence-corrected chi connectivity index (χ3v) is 5.78. The van der Waals surface area contributed by atoms with Gasteiger partial charge in [0.15, 0.2) is 5.82 Å². The molecule has 1 aliphatic heterocycles. The van der Waals surface area contributed by atoms with Gasteiger partial charge in [0.25, 0.3) is 5.89 Å². The molecule has 3 rings (SSSR count). The Labute approximate surface area is 135 Å². The summed E-state index contributed by atoms with van der Waals surface area (Å²) in [5.41, 5.74) is 1.79. The molecule has 0 atom stereocenters. The van der Waals surface area contributed by atoms with Crippen LogP contribution in [0.1, 0.15) is 37.6 Å². The molecule has 2 aromatic rings. The molecule has 0 spiro atoms. The topological polar surface area (TPSA) is 89.2 Å². The SMILES string of the molecule is CCc1cnccc1-c1nc(CS(=O)(=O)N2CCCCC2)no1. The number of piperidine rings is 1. The first-order chi connectivity index (χ1) is 11.1. The van der Waals surface area contributed by atoms with Gasteiger partial charge in [-0.05, 0) is 30.9 Å². The third kappa shape index (κ3) is 3.59. The van der Waals surface area contributed by atoms with Gasteiger partial charge in [0.2, 0.25) is 10.0 Å². The molecule has 0 radical (unpaired) electrons. The van der Waals surface area contributed by atoms with Crippen LogP contribution in [-0.4, -0.2) is 40.9 Å². The summed E-state index contributed by atoms with van der Waals surface area (Å²) in [7, 11) is -3.38. The van der Waals surface area contributed by atoms with E-state index < -0.39 is 10.0 Å². The first-order valence-electron chi connectivity index (χ1n) is 7.84. The van der Waals surface area contributed by atoms with Crippen molar-refractivity contribution in [1.82, 2.24) is 19.4 Å². The fraction of sp³-hybridized carbons (Fsp3) is 0.533. The van der Waals surface area contributed by atoms with Crippen LogP contribution in [0.2, 0.25) is 0 Å². The van der Waals surface area contributed by atoms with E-state index in [1.54, 1.807) is 18.5 Å². The van der Waals surface area contributed by atoms with Crippen molar-refractivity contribution in [2.75, 3.05) is 13.1 Å². The van der Waals surface area contributed by atoms with Gasteiger partial charge in [-0.1, -0.05) is 18.5 Å². The summed E-state index contributed by atoms with van der Waals surface area (Å²) >= 11 is 0. The number of sulfonamides is 1. The molecule has 1 fully saturated rings. The van der Waals surface area contributed by atoms with Crippen LogP contribution in [0.5, 0.6) is 0 Å². The number of nitrogens with zero attached hydrogens (tertiary/aromatic N) is 4. The number of hydrogen-bond acceptors (Lipinski definition) is 6. The van der Waals surface area contributed by atoms with Crippen molar-refractivity contribution in [3.63, 3.8) is 0 Å². The van der Waals surface area contributed by atoms with Crippen molar-refractivity contribution in [3.05, 3.63) is 29.8 Å². The van der Waals surface area contributed by atoms with E-state index in [0.717, 1.165) is 36.8 Å². The lowest BCUT2D eigenvalue weighted by molar-refractivity contribution is 0.345. The summed E-state index contributed by atoms with van der Waals surface area (Å²) in [6.07, 6.45) is 7.10. The highest BCUT2D eigenvalue weighted by molar-refractivity contribution is 7.88. The van der Waals surface area contributed by atoms with E-state index in [1.165, 1.54) is 4.31 Å². The molecule has 0 saturated carbocycles. The highest BCUT2D eigenvalue weighted by Gasteiger charge is 2.26. The Balaban J connectivity index is 1.79. The average Bonchev–Trinajstić information content (AvgIpc) is 3.03. The lowest BCUT2D eigenvalue weighted by atomic mass is 10.1. The summed E-state index contributed by atoms with van der Waals surface area (Å²) < 4.78 is 31.6. The lowest BCUT2D eigenvalue weighted by Gasteiger charge is -2.25. The molecule has 3 heterocycles. The van der Waals surface area contributed by atoms with Gasteiger partial charge < -0.3 is 4.52 Å². The summed E-state index contributed by atoms with van der Waals surface area (Å²) in [6.45, 7) is 3.17. The van der Waals surface area contributed by atoms with Gasteiger partial charge in [-0.15, -0.1) is 0 Å². The molecule has 1 saturated heterocycles. The number of hydrogen-bond donors (Lipinski definition) is 0. The predicted molar refractivity (Wildman–Crippen MR) is 85.0 cm³/mol. The molecule has 0 aromatic carbocycles. The molecule has 0 aliphatic carbocycles. The average molecular weight is 336 g/mol. The molecule has 0 N–H and O–H groups in total. The van der Waals surface area contributed by atoms with E-state index >= 15 is 0 Å². The van der Waals surface area contributed by atoms with Gasteiger partial charge in [0, 0.05) is 31.0 Å². The lowest BCUT2D eigenvalue weighted by Crippen LogP contribution is -2.36. The number of aromatic nitrogens is 3. The fourth-order valence-electron chi connectivity index (χ4n) is 2.74. The predicted octanol–water partition coefficient (Wildman–Crippen LogP) is 2.01. The Morgan fingerprint density at radius 1 is 1.26 bits per heavy atom. The van der Waals surface area contributed by atoms with Gasteiger partial charge >= 0.3 is 0 Å². The summed E-state index contributed by atoms with van der Waals surface area (Å²) in [6, 6.07) is 1.80. The second-order valence-electron chi connectivity index (χ2n) is 5.62. The van der Waals surface area contributed by atoms with Crippen molar-refractivity contribution in [3.8, 4) is 11.5 Å². The van der Waals surface area contributed by atoms with Crippen molar-refractivity contribution < 1.29 is 12.9 Å². The Bertz CT molecular complexity index is 767. The third-order valence-electron chi connectivity index (χ3n) is 4.00. The fourth-order valence-corrected chi connectivity index (χ4v) is 4.18. The molecule has 124 valence electrons. The maximum Gasteiger partial charge on any atom is 0.258 e. The smallest absolute Gasteiger partial charge is 0.258 e. The summed E-state index contributed by atoms with van der Waals surface area (Å²) in [5.74, 6) is 0.320. The second kappa shape index (κ2) is 6.76. The summed E-state index contributed by atoms with van der Waals surface area (Å²) in [5, 5.41) is 3.84. The minimum Gasteiger partial charge on any atom is -0.334 e. The maximum absolute atomic E-state index is 12.4. The molecule has 23 heavy (non-hydrogen) atoms. The van der Waals surface area contributed by atoms with Crippen molar-refractivity contribution in [2.24, 2.45) is 0 Å². The van der Waals surface area contributed by atoms with Gasteiger partial charge in [0.1, 0.15) is 5.75 Å². The quantitative estimate of drug-likeness (QED) is 0.830. The van der Waals surface area contributed by atoms with Gasteiger partial charge in [0.05, 0.1) is 0 Å². The molecular formula is C15H20N4O3S. The number of rotatable bonds is 5. The Kier molecular flexibility index (Phi) is 4.72. The Morgan fingerprint density at radius 3 is 2.78 bits per heavy atom. The standard InChI is InChI=1S/C15H20N4O3S/c1-2-12-10-16-7-6-13(12)15-17-14(18-22-15)11-23(20,21)19-8-4-3-5-9-19/h6-7,10H,2-5,8-9,11H2,1H3. The molecule has 7 nitrogen and oxygen atoms in total. The largest absolute Gasteiger partial charge is 0.334 e. The monoisotopic (exact) mass is 336 g/mol. The normalized spacial score (nSPS) is 16.6. The first kappa shape index (κ1) is 16.1. The van der Waals surface area contributed by atoms with Crippen molar-refractivity contribution >= 4 is 10.0 Å². The summed E-state index contributed by atoms with van der Waals surface area (Å²) in [4.78, 5) is 8.33. The van der Waals surface area contributed by atoms with Crippen LogP contribution >= 0.6 is 0 Å². The van der Waals surface area contributed by atoms with E-state index in [9.17, 15) is 8.42 Å². The maximum atomic E-state index is 12.4. The second-order valence-corrected chi connectivity index (χ2v) is 7.59. The van der Waals surface area contributed by atoms with Crippen molar-refractivity contribution in [1.29, 1.82) is 0 Å². The van der Waals surface area contributed by atoms with Crippen LogP contribution in [0.25, 0.3) is 11.5 Å². The Hall–Kier alpha value is -1.80. The van der Waals surface area contributed by atoms with Crippen LogP contribution in [0, 0.1) is 0 Å². The molecule has 2 aromatic heterocycles. The van der Waals surface area contributed by atoms with Crippen LogP contribution in [0.15, 0.2) is 23.0 Å². The number of pyridine rings is 1. The molecule has 0 bridgehead atoms. The van der Waals surface area contributed by atoms with Crippen molar-refractivity contribution in [2.45, 2.75) is 38.4 Å². The van der Waals surface area contributed by atoms with Gasteiger partial charge in [-0.3, -0.25) is 4.98 Å². The van der Waals surface area contributed by atoms with Crippen LogP contribution in [-0.2, 0) is 22.2 Å². The Morgan fingerprint density at radius 2 is 2.04 bits per heavy atom. The van der Waals surface area contributed by atoms with Crippen LogP contribution in [0.4, 0.5) is 0 Å². The molecular weight excluding hydrogens is 316 g/mol. The van der Waals surface area contributed by atoms with E-state index in [-0.39, 0.29) is 11.6 Å². The molecule has 8 heteroatoms. The van der Waals surface area contributed by atoms with E-state index in [1.807, 2.05) is 6.92 Å². The highest BCUT2D eigenvalue weighted by atomic mass is 32.2. The highest BCUT2D eigenvalue weighted by Crippen LogP contribution is 2.22. The zero-order valence-corrected chi connectivity index (χ0v) is 13.9.